The second-order valence-corrected chi connectivity index (χ2v) is 8.90. The Morgan fingerprint density at radius 3 is 1.77 bits per heavy atom. The number of rotatable bonds is 6. The summed E-state index contributed by atoms with van der Waals surface area (Å²) < 4.78 is 0. The zero-order valence-electron chi connectivity index (χ0n) is 15.3. The number of aryl methyl sites for hydroxylation is 1. The van der Waals surface area contributed by atoms with Crippen LogP contribution in [0.15, 0.2) is 12.1 Å². The van der Waals surface area contributed by atoms with Gasteiger partial charge in [-0.25, -0.2) is 0 Å². The highest BCUT2D eigenvalue weighted by molar-refractivity contribution is 5.49. The smallest absolute Gasteiger partial charge is 0.160 e. The molecular weight excluding hydrogens is 272 g/mol. The van der Waals surface area contributed by atoms with Crippen molar-refractivity contribution in [2.45, 2.75) is 80.1 Å². The quantitative estimate of drug-likeness (QED) is 0.649. The summed E-state index contributed by atoms with van der Waals surface area (Å²) in [6.45, 7) is 13.5. The molecular formula is C20H34O2. The van der Waals surface area contributed by atoms with Crippen molar-refractivity contribution in [3.63, 3.8) is 0 Å². The summed E-state index contributed by atoms with van der Waals surface area (Å²) in [5, 5.41) is 20.0. The summed E-state index contributed by atoms with van der Waals surface area (Å²) >= 11 is 0. The Labute approximate surface area is 136 Å². The van der Waals surface area contributed by atoms with Gasteiger partial charge in [-0.05, 0) is 61.0 Å². The van der Waals surface area contributed by atoms with E-state index in [4.69, 9.17) is 0 Å². The average Bonchev–Trinajstić information content (AvgIpc) is 2.34. The first-order valence-electron chi connectivity index (χ1n) is 8.52. The van der Waals surface area contributed by atoms with Crippen molar-refractivity contribution >= 4 is 0 Å². The van der Waals surface area contributed by atoms with Gasteiger partial charge in [0.1, 0.15) is 0 Å². The molecule has 0 aliphatic rings. The van der Waals surface area contributed by atoms with Crippen LogP contribution in [0.3, 0.4) is 0 Å². The minimum Gasteiger partial charge on any atom is -0.504 e. The number of benzene rings is 1. The van der Waals surface area contributed by atoms with Crippen molar-refractivity contribution < 1.29 is 10.2 Å². The normalized spacial score (nSPS) is 12.6. The Hall–Kier alpha value is -1.18. The van der Waals surface area contributed by atoms with Gasteiger partial charge in [0.05, 0.1) is 0 Å². The largest absolute Gasteiger partial charge is 0.504 e. The maximum atomic E-state index is 10.2. The Morgan fingerprint density at radius 1 is 0.773 bits per heavy atom. The molecule has 0 aromatic heterocycles. The third-order valence-corrected chi connectivity index (χ3v) is 4.08. The molecule has 2 N–H and O–H groups in total. The predicted molar refractivity (Wildman–Crippen MR) is 94.6 cm³/mol. The molecule has 1 aromatic rings. The van der Waals surface area contributed by atoms with Crippen molar-refractivity contribution in [1.29, 1.82) is 0 Å². The number of phenolic OH excluding ortho intramolecular Hbond substituents is 2. The van der Waals surface area contributed by atoms with Gasteiger partial charge in [0, 0.05) is 5.56 Å². The molecule has 1 aromatic carbocycles. The van der Waals surface area contributed by atoms with Crippen LogP contribution in [0.2, 0.25) is 0 Å². The topological polar surface area (TPSA) is 40.5 Å². The zero-order chi connectivity index (χ0) is 17.0. The molecule has 0 aliphatic heterocycles. The highest BCUT2D eigenvalue weighted by Gasteiger charge is 2.16. The number of aromatic hydroxyl groups is 2. The summed E-state index contributed by atoms with van der Waals surface area (Å²) in [6.07, 6.45) is 6.23. The van der Waals surface area contributed by atoms with Gasteiger partial charge >= 0.3 is 0 Å². The van der Waals surface area contributed by atoms with Gasteiger partial charge in [-0.1, -0.05) is 47.6 Å². The van der Waals surface area contributed by atoms with Crippen LogP contribution in [0.4, 0.5) is 0 Å². The lowest BCUT2D eigenvalue weighted by atomic mass is 9.86. The van der Waals surface area contributed by atoms with E-state index < -0.39 is 0 Å². The van der Waals surface area contributed by atoms with Gasteiger partial charge < -0.3 is 10.2 Å². The second-order valence-electron chi connectivity index (χ2n) is 8.90. The Kier molecular flexibility index (Phi) is 6.34. The summed E-state index contributed by atoms with van der Waals surface area (Å²) in [5.74, 6) is 0.0903. The van der Waals surface area contributed by atoms with Crippen LogP contribution in [-0.2, 0) is 12.8 Å². The first-order chi connectivity index (χ1) is 9.99. The molecule has 2 nitrogen and oxygen atoms in total. The molecule has 0 spiro atoms. The lowest BCUT2D eigenvalue weighted by molar-refractivity contribution is 0.358. The fourth-order valence-corrected chi connectivity index (χ4v) is 2.78. The summed E-state index contributed by atoms with van der Waals surface area (Å²) in [5.41, 5.74) is 2.77. The van der Waals surface area contributed by atoms with E-state index in [0.717, 1.165) is 44.1 Å². The summed E-state index contributed by atoms with van der Waals surface area (Å²) in [6, 6.07) is 3.60. The van der Waals surface area contributed by atoms with Gasteiger partial charge in [0.25, 0.3) is 0 Å². The van der Waals surface area contributed by atoms with E-state index in [1.165, 1.54) is 5.56 Å². The van der Waals surface area contributed by atoms with Crippen LogP contribution in [0.25, 0.3) is 0 Å². The van der Waals surface area contributed by atoms with Crippen molar-refractivity contribution in [3.05, 3.63) is 23.3 Å². The molecule has 0 fully saturated rings. The van der Waals surface area contributed by atoms with E-state index in [2.05, 4.69) is 41.5 Å². The SMILES string of the molecule is CC(C)(C)CCCc1ccc(O)c(O)c1CCCC(C)(C)C. The van der Waals surface area contributed by atoms with Crippen molar-refractivity contribution in [2.24, 2.45) is 10.8 Å². The van der Waals surface area contributed by atoms with Gasteiger partial charge in [0.2, 0.25) is 0 Å². The number of hydrogen-bond donors (Lipinski definition) is 2. The Balaban J connectivity index is 2.77. The molecule has 22 heavy (non-hydrogen) atoms. The van der Waals surface area contributed by atoms with Crippen LogP contribution in [-0.4, -0.2) is 10.2 Å². The van der Waals surface area contributed by atoms with E-state index in [-0.39, 0.29) is 11.5 Å². The van der Waals surface area contributed by atoms with Crippen molar-refractivity contribution in [2.75, 3.05) is 0 Å². The molecule has 0 aliphatic carbocycles. The molecule has 0 unspecified atom stereocenters. The Morgan fingerprint density at radius 2 is 1.27 bits per heavy atom. The third-order valence-electron chi connectivity index (χ3n) is 4.08. The van der Waals surface area contributed by atoms with E-state index in [0.29, 0.717) is 10.8 Å². The third kappa shape index (κ3) is 6.72. The minimum absolute atomic E-state index is 0.00494. The van der Waals surface area contributed by atoms with Crippen LogP contribution >= 0.6 is 0 Å². The zero-order valence-corrected chi connectivity index (χ0v) is 15.3. The second kappa shape index (κ2) is 7.39. The van der Waals surface area contributed by atoms with E-state index in [9.17, 15) is 10.2 Å². The van der Waals surface area contributed by atoms with E-state index in [1.807, 2.05) is 6.07 Å². The van der Waals surface area contributed by atoms with Crippen molar-refractivity contribution in [1.82, 2.24) is 0 Å². The first kappa shape index (κ1) is 18.9. The van der Waals surface area contributed by atoms with Gasteiger partial charge in [-0.2, -0.15) is 0 Å². The molecule has 0 radical (unpaired) electrons. The molecule has 0 saturated carbocycles. The highest BCUT2D eigenvalue weighted by Crippen LogP contribution is 2.35. The molecule has 1 rings (SSSR count). The van der Waals surface area contributed by atoms with Crippen LogP contribution in [0.1, 0.15) is 78.4 Å². The predicted octanol–water partition coefficient (Wildman–Crippen LogP) is 5.84. The number of hydrogen-bond acceptors (Lipinski definition) is 2. The van der Waals surface area contributed by atoms with Crippen LogP contribution in [0.5, 0.6) is 11.5 Å². The molecule has 2 heteroatoms. The fourth-order valence-electron chi connectivity index (χ4n) is 2.78. The first-order valence-corrected chi connectivity index (χ1v) is 8.52. The summed E-state index contributed by atoms with van der Waals surface area (Å²) in [4.78, 5) is 0. The van der Waals surface area contributed by atoms with Gasteiger partial charge in [-0.3, -0.25) is 0 Å². The minimum atomic E-state index is 0.00494. The lowest BCUT2D eigenvalue weighted by Gasteiger charge is -2.20. The number of phenols is 2. The Bertz CT molecular complexity index is 476. The maximum Gasteiger partial charge on any atom is 0.160 e. The molecule has 126 valence electrons. The maximum absolute atomic E-state index is 10.2. The monoisotopic (exact) mass is 306 g/mol. The van der Waals surface area contributed by atoms with Gasteiger partial charge in [0.15, 0.2) is 11.5 Å². The standard InChI is InChI=1S/C20H34O2/c1-19(2,3)13-7-9-15-11-12-17(21)18(22)16(15)10-8-14-20(4,5)6/h11-12,21-22H,7-10,13-14H2,1-6H3. The molecule has 0 amide bonds. The van der Waals surface area contributed by atoms with E-state index >= 15 is 0 Å². The van der Waals surface area contributed by atoms with Crippen LogP contribution < -0.4 is 0 Å². The molecule has 0 saturated heterocycles. The molecule has 0 atom stereocenters. The van der Waals surface area contributed by atoms with E-state index in [1.54, 1.807) is 6.07 Å². The van der Waals surface area contributed by atoms with Gasteiger partial charge in [-0.15, -0.1) is 0 Å². The molecule has 0 heterocycles. The van der Waals surface area contributed by atoms with Crippen molar-refractivity contribution in [3.8, 4) is 11.5 Å². The highest BCUT2D eigenvalue weighted by atomic mass is 16.3. The fraction of sp³-hybridized carbons (Fsp3) is 0.700. The molecule has 0 bridgehead atoms. The summed E-state index contributed by atoms with van der Waals surface area (Å²) in [7, 11) is 0. The average molecular weight is 306 g/mol. The van der Waals surface area contributed by atoms with Crippen LogP contribution in [0, 0.1) is 10.8 Å². The lowest BCUT2D eigenvalue weighted by Crippen LogP contribution is -2.07.